The average molecular weight is 635 g/mol. The molecule has 0 aliphatic carbocycles. The van der Waals surface area contributed by atoms with Crippen LogP contribution >= 0.6 is 22.9 Å². The second kappa shape index (κ2) is 11.6. The standard InChI is InChI=1S/C31H29ClF2N8OS/c1-15(17-5-4-10-38-28(17)36)42(3)30-19-13-21(32)24(18-6-7-22(33)27-23(18)20(14-35)29(37)44-27)25(34)26(19)39-31(40-30)43-16-8-11-41(2)12-9-16/h4-7,10,13,15-16H,8-9,11-12,37H2,1-3H3,(H2,36,38)/t15-/m1/s1. The molecule has 3 aromatic heterocycles. The molecule has 226 valence electrons. The third-order valence-corrected chi connectivity index (χ3v) is 9.54. The molecule has 0 radical (unpaired) electrons. The number of anilines is 3. The summed E-state index contributed by atoms with van der Waals surface area (Å²) < 4.78 is 38.0. The molecular weight excluding hydrogens is 606 g/mol. The molecule has 1 saturated heterocycles. The van der Waals surface area contributed by atoms with Gasteiger partial charge in [-0.05, 0) is 50.6 Å². The maximum Gasteiger partial charge on any atom is 0.319 e. The predicted octanol–water partition coefficient (Wildman–Crippen LogP) is 6.54. The lowest BCUT2D eigenvalue weighted by molar-refractivity contribution is 0.105. The quantitative estimate of drug-likeness (QED) is 0.214. The number of likely N-dealkylation sites (tertiary alicyclic amines) is 1. The number of halogens is 3. The highest BCUT2D eigenvalue weighted by Gasteiger charge is 2.28. The first-order valence-corrected chi connectivity index (χ1v) is 15.2. The summed E-state index contributed by atoms with van der Waals surface area (Å²) in [6, 6.07) is 9.59. The van der Waals surface area contributed by atoms with Gasteiger partial charge in [0.2, 0.25) is 0 Å². The molecule has 13 heteroatoms. The van der Waals surface area contributed by atoms with Gasteiger partial charge in [0, 0.05) is 48.2 Å². The molecule has 9 nitrogen and oxygen atoms in total. The van der Waals surface area contributed by atoms with Gasteiger partial charge in [0.15, 0.2) is 5.82 Å². The molecule has 0 unspecified atom stereocenters. The van der Waals surface area contributed by atoms with Crippen LogP contribution in [0.1, 0.15) is 36.9 Å². The molecule has 1 atom stereocenters. The second-order valence-corrected chi connectivity index (χ2v) is 12.4. The van der Waals surface area contributed by atoms with Crippen LogP contribution in [0.15, 0.2) is 36.5 Å². The number of piperidine rings is 1. The van der Waals surface area contributed by atoms with E-state index in [0.717, 1.165) is 42.8 Å². The van der Waals surface area contributed by atoms with Gasteiger partial charge in [0.25, 0.3) is 0 Å². The van der Waals surface area contributed by atoms with Gasteiger partial charge in [-0.15, -0.1) is 11.3 Å². The van der Waals surface area contributed by atoms with Gasteiger partial charge < -0.3 is 26.0 Å². The summed E-state index contributed by atoms with van der Waals surface area (Å²) in [4.78, 5) is 17.6. The summed E-state index contributed by atoms with van der Waals surface area (Å²) in [5.41, 5.74) is 13.2. The van der Waals surface area contributed by atoms with Crippen molar-refractivity contribution in [2.45, 2.75) is 31.9 Å². The van der Waals surface area contributed by atoms with Gasteiger partial charge in [-0.25, -0.2) is 13.8 Å². The number of nitrogens with zero attached hydrogens (tertiary/aromatic N) is 6. The third-order valence-electron chi connectivity index (χ3n) is 8.22. The van der Waals surface area contributed by atoms with E-state index in [1.165, 1.54) is 12.1 Å². The Hall–Kier alpha value is -4.31. The number of nitriles is 1. The smallest absolute Gasteiger partial charge is 0.319 e. The normalized spacial score (nSPS) is 15.0. The van der Waals surface area contributed by atoms with E-state index < -0.39 is 11.6 Å². The number of hydrogen-bond acceptors (Lipinski definition) is 10. The molecule has 44 heavy (non-hydrogen) atoms. The maximum atomic E-state index is 16.8. The van der Waals surface area contributed by atoms with E-state index in [-0.39, 0.29) is 60.5 Å². The van der Waals surface area contributed by atoms with Crippen LogP contribution < -0.4 is 21.1 Å². The summed E-state index contributed by atoms with van der Waals surface area (Å²) in [6.07, 6.45) is 3.00. The summed E-state index contributed by atoms with van der Waals surface area (Å²) in [5.74, 6) is -0.582. The van der Waals surface area contributed by atoms with Crippen LogP contribution in [0.5, 0.6) is 6.01 Å². The summed E-state index contributed by atoms with van der Waals surface area (Å²) in [7, 11) is 3.86. The van der Waals surface area contributed by atoms with Crippen LogP contribution in [-0.2, 0) is 0 Å². The zero-order chi connectivity index (χ0) is 31.3. The molecule has 0 spiro atoms. The third kappa shape index (κ3) is 5.11. The Bertz CT molecular complexity index is 1950. The molecule has 5 aromatic rings. The minimum atomic E-state index is -0.757. The number of nitrogen functional groups attached to an aromatic ring is 2. The number of aromatic nitrogens is 3. The van der Waals surface area contributed by atoms with Crippen LogP contribution in [0.2, 0.25) is 5.02 Å². The van der Waals surface area contributed by atoms with E-state index in [9.17, 15) is 9.65 Å². The lowest BCUT2D eigenvalue weighted by atomic mass is 9.97. The van der Waals surface area contributed by atoms with Crippen molar-refractivity contribution in [3.63, 3.8) is 0 Å². The highest BCUT2D eigenvalue weighted by Crippen LogP contribution is 2.46. The van der Waals surface area contributed by atoms with Gasteiger partial charge in [-0.2, -0.15) is 15.2 Å². The lowest BCUT2D eigenvalue weighted by Crippen LogP contribution is -2.36. The fourth-order valence-corrected chi connectivity index (χ4v) is 6.91. The van der Waals surface area contributed by atoms with Gasteiger partial charge in [-0.1, -0.05) is 23.7 Å². The van der Waals surface area contributed by atoms with Crippen molar-refractivity contribution in [3.05, 3.63) is 64.3 Å². The fraction of sp³-hybridized carbons (Fsp3) is 0.290. The maximum absolute atomic E-state index is 16.8. The van der Waals surface area contributed by atoms with Crippen molar-refractivity contribution in [2.24, 2.45) is 0 Å². The fourth-order valence-electron chi connectivity index (χ4n) is 5.66. The molecule has 0 saturated carbocycles. The summed E-state index contributed by atoms with van der Waals surface area (Å²) in [5, 5.41) is 10.5. The van der Waals surface area contributed by atoms with Crippen LogP contribution in [0.4, 0.5) is 25.4 Å². The lowest BCUT2D eigenvalue weighted by Gasteiger charge is -2.30. The van der Waals surface area contributed by atoms with Crippen molar-refractivity contribution < 1.29 is 13.5 Å². The van der Waals surface area contributed by atoms with E-state index in [2.05, 4.69) is 14.9 Å². The Kier molecular flexibility index (Phi) is 7.88. The molecule has 4 heterocycles. The van der Waals surface area contributed by atoms with E-state index >= 15 is 4.39 Å². The Morgan fingerprint density at radius 2 is 1.95 bits per heavy atom. The number of thiophene rings is 1. The average Bonchev–Trinajstić information content (AvgIpc) is 3.35. The molecule has 1 fully saturated rings. The van der Waals surface area contributed by atoms with Crippen molar-refractivity contribution in [3.8, 4) is 23.2 Å². The zero-order valence-corrected chi connectivity index (χ0v) is 25.8. The number of pyridine rings is 1. The minimum Gasteiger partial charge on any atom is -0.460 e. The van der Waals surface area contributed by atoms with Crippen molar-refractivity contribution in [1.82, 2.24) is 19.9 Å². The SMILES string of the molecule is C[C@H](c1cccnc1N)N(C)c1nc(OC2CCN(C)CC2)nc2c(F)c(-c3ccc(F)c4sc(N)c(C#N)c34)c(Cl)cc12. The van der Waals surface area contributed by atoms with E-state index in [1.54, 1.807) is 18.3 Å². The number of benzene rings is 2. The highest BCUT2D eigenvalue weighted by molar-refractivity contribution is 7.23. The molecule has 2 aromatic carbocycles. The first-order chi connectivity index (χ1) is 21.1. The first kappa shape index (κ1) is 29.7. The second-order valence-electron chi connectivity index (χ2n) is 10.9. The predicted molar refractivity (Wildman–Crippen MR) is 171 cm³/mol. The molecule has 0 amide bonds. The van der Waals surface area contributed by atoms with Crippen molar-refractivity contribution in [1.29, 1.82) is 5.26 Å². The number of hydrogen-bond donors (Lipinski definition) is 2. The van der Waals surface area contributed by atoms with Crippen LogP contribution in [-0.4, -0.2) is 53.1 Å². The van der Waals surface area contributed by atoms with Crippen LogP contribution in [0.25, 0.3) is 32.1 Å². The molecule has 6 rings (SSSR count). The van der Waals surface area contributed by atoms with Gasteiger partial charge in [0.05, 0.1) is 21.3 Å². The molecular formula is C31H29ClF2N8OS. The Morgan fingerprint density at radius 3 is 2.66 bits per heavy atom. The van der Waals surface area contributed by atoms with Gasteiger partial charge >= 0.3 is 6.01 Å². The number of ether oxygens (including phenoxy) is 1. The van der Waals surface area contributed by atoms with Crippen LogP contribution in [0, 0.1) is 23.0 Å². The van der Waals surface area contributed by atoms with E-state index in [0.29, 0.717) is 17.0 Å². The summed E-state index contributed by atoms with van der Waals surface area (Å²) in [6.45, 7) is 3.63. The number of rotatable bonds is 6. The Labute approximate surface area is 261 Å². The van der Waals surface area contributed by atoms with E-state index in [4.69, 9.17) is 32.8 Å². The van der Waals surface area contributed by atoms with Crippen molar-refractivity contribution in [2.75, 3.05) is 43.6 Å². The number of nitrogens with two attached hydrogens (primary N) is 2. The van der Waals surface area contributed by atoms with Crippen LogP contribution in [0.3, 0.4) is 0 Å². The Morgan fingerprint density at radius 1 is 1.20 bits per heavy atom. The molecule has 1 aliphatic rings. The molecule has 0 bridgehead atoms. The Balaban J connectivity index is 1.57. The topological polar surface area (TPSA) is 130 Å². The monoisotopic (exact) mass is 634 g/mol. The van der Waals surface area contributed by atoms with Crippen molar-refractivity contribution >= 4 is 60.6 Å². The highest BCUT2D eigenvalue weighted by atomic mass is 35.5. The van der Waals surface area contributed by atoms with Gasteiger partial charge in [-0.3, -0.25) is 0 Å². The first-order valence-electron chi connectivity index (χ1n) is 14.0. The molecule has 4 N–H and O–H groups in total. The minimum absolute atomic E-state index is 0.0224. The number of fused-ring (bicyclic) bond motifs is 2. The summed E-state index contributed by atoms with van der Waals surface area (Å²) >= 11 is 7.74. The van der Waals surface area contributed by atoms with Gasteiger partial charge in [0.1, 0.15) is 40.1 Å². The zero-order valence-electron chi connectivity index (χ0n) is 24.2. The largest absolute Gasteiger partial charge is 0.460 e. The molecule has 1 aliphatic heterocycles. The van der Waals surface area contributed by atoms with E-state index in [1.807, 2.05) is 38.1 Å².